The van der Waals surface area contributed by atoms with Crippen molar-refractivity contribution in [1.29, 1.82) is 0 Å². The monoisotopic (exact) mass is 364 g/mol. The Kier molecular flexibility index (Phi) is 5.52. The second-order valence-electron chi connectivity index (χ2n) is 3.92. The van der Waals surface area contributed by atoms with Gasteiger partial charge >= 0.3 is 0 Å². The Labute approximate surface area is 119 Å². The van der Waals surface area contributed by atoms with Crippen LogP contribution in [-0.4, -0.2) is 37.4 Å². The van der Waals surface area contributed by atoms with E-state index in [1.165, 1.54) is 23.1 Å². The van der Waals surface area contributed by atoms with E-state index in [1.54, 1.807) is 14.1 Å². The van der Waals surface area contributed by atoms with E-state index < -0.39 is 0 Å². The number of hydrogen-bond donors (Lipinski definition) is 1. The number of nitrogens with zero attached hydrogens (tertiary/aromatic N) is 1. The fraction of sp³-hybridized carbons (Fsp3) is 0.333. The first-order valence-electron chi connectivity index (χ1n) is 5.35. The highest BCUT2D eigenvalue weighted by atomic mass is 127. The minimum atomic E-state index is -0.376. The molecule has 0 heterocycles. The number of nitrogens with one attached hydrogen (secondary N) is 1. The number of hydrogen-bond acceptors (Lipinski definition) is 2. The standard InChI is InChI=1S/C12H14FIN2O2/c1-16(2)11(17)5-6-15-12(18)9-4-3-8(13)7-10(9)14/h3-4,7H,5-6H2,1-2H3,(H,15,18). The molecule has 6 heteroatoms. The van der Waals surface area contributed by atoms with Gasteiger partial charge in [0.05, 0.1) is 5.56 Å². The van der Waals surface area contributed by atoms with E-state index in [0.717, 1.165) is 0 Å². The summed E-state index contributed by atoms with van der Waals surface area (Å²) in [5, 5.41) is 2.63. The number of benzene rings is 1. The smallest absolute Gasteiger partial charge is 0.252 e. The lowest BCUT2D eigenvalue weighted by molar-refractivity contribution is -0.128. The van der Waals surface area contributed by atoms with E-state index in [2.05, 4.69) is 5.32 Å². The van der Waals surface area contributed by atoms with Gasteiger partial charge in [0.25, 0.3) is 5.91 Å². The SMILES string of the molecule is CN(C)C(=O)CCNC(=O)c1ccc(F)cc1I. The first-order valence-corrected chi connectivity index (χ1v) is 6.43. The molecule has 1 rings (SSSR count). The molecule has 98 valence electrons. The van der Waals surface area contributed by atoms with E-state index in [4.69, 9.17) is 0 Å². The molecule has 0 saturated heterocycles. The van der Waals surface area contributed by atoms with Crippen LogP contribution < -0.4 is 5.32 Å². The number of amides is 2. The fourth-order valence-corrected chi connectivity index (χ4v) is 2.00. The molecular formula is C12H14FIN2O2. The molecule has 0 aliphatic heterocycles. The lowest BCUT2D eigenvalue weighted by atomic mass is 10.2. The van der Waals surface area contributed by atoms with Gasteiger partial charge in [-0.1, -0.05) is 0 Å². The van der Waals surface area contributed by atoms with Gasteiger partial charge in [-0.2, -0.15) is 0 Å². The molecule has 0 aliphatic carbocycles. The van der Waals surface area contributed by atoms with Crippen molar-refractivity contribution in [3.63, 3.8) is 0 Å². The van der Waals surface area contributed by atoms with Crippen molar-refractivity contribution >= 4 is 34.4 Å². The summed E-state index contributed by atoms with van der Waals surface area (Å²) < 4.78 is 13.4. The quantitative estimate of drug-likeness (QED) is 0.826. The average Bonchev–Trinajstić information content (AvgIpc) is 2.28. The molecule has 0 unspecified atom stereocenters. The fourth-order valence-electron chi connectivity index (χ4n) is 1.28. The average molecular weight is 364 g/mol. The molecule has 0 bridgehead atoms. The Morgan fingerprint density at radius 3 is 2.61 bits per heavy atom. The molecule has 0 fully saturated rings. The second kappa shape index (κ2) is 6.67. The van der Waals surface area contributed by atoms with E-state index in [0.29, 0.717) is 9.13 Å². The van der Waals surface area contributed by atoms with E-state index >= 15 is 0 Å². The summed E-state index contributed by atoms with van der Waals surface area (Å²) in [5.74, 6) is -0.728. The first-order chi connectivity index (χ1) is 8.41. The van der Waals surface area contributed by atoms with Crippen molar-refractivity contribution in [2.24, 2.45) is 0 Å². The first kappa shape index (κ1) is 14.9. The molecular weight excluding hydrogens is 350 g/mol. The van der Waals surface area contributed by atoms with Crippen LogP contribution in [-0.2, 0) is 4.79 Å². The maximum atomic E-state index is 12.9. The van der Waals surface area contributed by atoms with Crippen molar-refractivity contribution < 1.29 is 14.0 Å². The summed E-state index contributed by atoms with van der Waals surface area (Å²) in [4.78, 5) is 24.5. The van der Waals surface area contributed by atoms with Crippen molar-refractivity contribution in [2.45, 2.75) is 6.42 Å². The van der Waals surface area contributed by atoms with Gasteiger partial charge in [-0.15, -0.1) is 0 Å². The number of rotatable bonds is 4. The molecule has 0 saturated carbocycles. The van der Waals surface area contributed by atoms with Gasteiger partial charge in [0, 0.05) is 30.6 Å². The third-order valence-electron chi connectivity index (χ3n) is 2.30. The lowest BCUT2D eigenvalue weighted by Gasteiger charge is -2.11. The Hall–Kier alpha value is -1.18. The van der Waals surface area contributed by atoms with Gasteiger partial charge < -0.3 is 10.2 Å². The number of carbonyl (C=O) groups is 2. The van der Waals surface area contributed by atoms with Crippen molar-refractivity contribution in [3.8, 4) is 0 Å². The van der Waals surface area contributed by atoms with E-state index in [9.17, 15) is 14.0 Å². The Morgan fingerprint density at radius 2 is 2.06 bits per heavy atom. The van der Waals surface area contributed by atoms with Gasteiger partial charge in [-0.05, 0) is 40.8 Å². The molecule has 1 N–H and O–H groups in total. The number of halogens is 2. The normalized spacial score (nSPS) is 10.0. The highest BCUT2D eigenvalue weighted by molar-refractivity contribution is 14.1. The van der Waals surface area contributed by atoms with Crippen LogP contribution in [0.1, 0.15) is 16.8 Å². The molecule has 4 nitrogen and oxygen atoms in total. The van der Waals surface area contributed by atoms with E-state index in [1.807, 2.05) is 22.6 Å². The summed E-state index contributed by atoms with van der Waals surface area (Å²) in [7, 11) is 3.32. The summed E-state index contributed by atoms with van der Waals surface area (Å²) in [6.45, 7) is 0.267. The molecule has 2 amide bonds. The molecule has 0 atom stereocenters. The summed E-state index contributed by atoms with van der Waals surface area (Å²) in [6, 6.07) is 3.96. The lowest BCUT2D eigenvalue weighted by Crippen LogP contribution is -2.30. The van der Waals surface area contributed by atoms with E-state index in [-0.39, 0.29) is 30.6 Å². The zero-order valence-corrected chi connectivity index (χ0v) is 12.3. The molecule has 1 aromatic rings. The second-order valence-corrected chi connectivity index (χ2v) is 5.08. The van der Waals surface area contributed by atoms with Gasteiger partial charge in [0.1, 0.15) is 5.82 Å². The highest BCUT2D eigenvalue weighted by Gasteiger charge is 2.11. The molecule has 1 aromatic carbocycles. The van der Waals surface area contributed by atoms with Crippen LogP contribution >= 0.6 is 22.6 Å². The predicted molar refractivity (Wildman–Crippen MR) is 74.8 cm³/mol. The van der Waals surface area contributed by atoms with Crippen LogP contribution in [0.25, 0.3) is 0 Å². The zero-order chi connectivity index (χ0) is 13.7. The summed E-state index contributed by atoms with van der Waals surface area (Å²) in [5.41, 5.74) is 0.411. The minimum Gasteiger partial charge on any atom is -0.351 e. The summed E-state index contributed by atoms with van der Waals surface area (Å²) in [6.07, 6.45) is 0.247. The van der Waals surface area contributed by atoms with Crippen molar-refractivity contribution in [3.05, 3.63) is 33.1 Å². The van der Waals surface area contributed by atoms with Crippen LogP contribution in [0.15, 0.2) is 18.2 Å². The Bertz CT molecular complexity index is 463. The third-order valence-corrected chi connectivity index (χ3v) is 3.19. The van der Waals surface area contributed by atoms with Crippen LogP contribution in [0.2, 0.25) is 0 Å². The maximum Gasteiger partial charge on any atom is 0.252 e. The maximum absolute atomic E-state index is 12.9. The summed E-state index contributed by atoms with van der Waals surface area (Å²) >= 11 is 1.90. The van der Waals surface area contributed by atoms with Crippen LogP contribution in [0.3, 0.4) is 0 Å². The molecule has 18 heavy (non-hydrogen) atoms. The van der Waals surface area contributed by atoms with Crippen molar-refractivity contribution in [1.82, 2.24) is 10.2 Å². The predicted octanol–water partition coefficient (Wildman–Crippen LogP) is 1.64. The highest BCUT2D eigenvalue weighted by Crippen LogP contribution is 2.13. The van der Waals surface area contributed by atoms with Gasteiger partial charge in [-0.3, -0.25) is 9.59 Å². The topological polar surface area (TPSA) is 49.4 Å². The Morgan fingerprint density at radius 1 is 1.39 bits per heavy atom. The van der Waals surface area contributed by atoms with Crippen molar-refractivity contribution in [2.75, 3.05) is 20.6 Å². The third kappa shape index (κ3) is 4.25. The number of carbonyl (C=O) groups excluding carboxylic acids is 2. The van der Waals surface area contributed by atoms with Crippen LogP contribution in [0.4, 0.5) is 4.39 Å². The molecule has 0 radical (unpaired) electrons. The van der Waals surface area contributed by atoms with Gasteiger partial charge in [-0.25, -0.2) is 4.39 Å². The minimum absolute atomic E-state index is 0.0518. The van der Waals surface area contributed by atoms with Crippen LogP contribution in [0.5, 0.6) is 0 Å². The molecule has 0 aromatic heterocycles. The van der Waals surface area contributed by atoms with Gasteiger partial charge in [0.2, 0.25) is 5.91 Å². The Balaban J connectivity index is 2.53. The zero-order valence-electron chi connectivity index (χ0n) is 10.2. The van der Waals surface area contributed by atoms with Gasteiger partial charge in [0.15, 0.2) is 0 Å². The molecule has 0 spiro atoms. The largest absolute Gasteiger partial charge is 0.351 e. The van der Waals surface area contributed by atoms with Crippen LogP contribution in [0, 0.1) is 9.39 Å². The molecule has 0 aliphatic rings.